The van der Waals surface area contributed by atoms with E-state index in [9.17, 15) is 14.7 Å². The molecule has 1 atom stereocenters. The molecule has 0 spiro atoms. The Kier molecular flexibility index (Phi) is 12.4. The number of hydrogen-bond acceptors (Lipinski definition) is 8. The van der Waals surface area contributed by atoms with Crippen LogP contribution in [0.15, 0.2) is 72.9 Å². The Hall–Kier alpha value is -5.15. The second kappa shape index (κ2) is 16.6. The number of nitrogens with zero attached hydrogens (tertiary/aromatic N) is 2. The summed E-state index contributed by atoms with van der Waals surface area (Å²) in [7, 11) is 1.62. The lowest BCUT2D eigenvalue weighted by atomic mass is 10.0. The normalized spacial score (nSPS) is 11.8. The lowest BCUT2D eigenvalue weighted by molar-refractivity contribution is 0.0205. The number of rotatable bonds is 15. The van der Waals surface area contributed by atoms with E-state index in [0.717, 1.165) is 10.8 Å². The maximum absolute atomic E-state index is 13.1. The molecule has 252 valence electrons. The van der Waals surface area contributed by atoms with Crippen LogP contribution >= 0.6 is 0 Å². The van der Waals surface area contributed by atoms with Crippen molar-refractivity contribution in [3.8, 4) is 23.8 Å². The van der Waals surface area contributed by atoms with Gasteiger partial charge >= 0.3 is 6.09 Å². The Bertz CT molecular complexity index is 1760. The lowest BCUT2D eigenvalue weighted by Gasteiger charge is -2.34. The molecule has 0 aliphatic carbocycles. The quantitative estimate of drug-likeness (QED) is 0.0932. The zero-order valence-electron chi connectivity index (χ0n) is 27.9. The Balaban J connectivity index is 1.47. The molecule has 1 heterocycles. The number of carbonyl (C=O) groups is 2. The first-order chi connectivity index (χ1) is 23.0. The minimum absolute atomic E-state index is 0.247. The van der Waals surface area contributed by atoms with Crippen LogP contribution in [0.4, 0.5) is 22.0 Å². The average molecular weight is 655 g/mol. The van der Waals surface area contributed by atoms with Gasteiger partial charge in [-0.25, -0.2) is 9.78 Å². The Morgan fingerprint density at radius 2 is 1.71 bits per heavy atom. The maximum atomic E-state index is 13.1. The van der Waals surface area contributed by atoms with Crippen LogP contribution in [-0.2, 0) is 14.2 Å². The molecule has 0 saturated heterocycles. The largest absolute Gasteiger partial charge is 0.465 e. The number of carbonyl (C=O) groups excluding carboxylic acids is 1. The van der Waals surface area contributed by atoms with Crippen molar-refractivity contribution in [2.75, 3.05) is 50.4 Å². The van der Waals surface area contributed by atoms with Crippen molar-refractivity contribution in [3.05, 3.63) is 84.1 Å². The van der Waals surface area contributed by atoms with E-state index in [-0.39, 0.29) is 11.9 Å². The average Bonchev–Trinajstić information content (AvgIpc) is 3.04. The van der Waals surface area contributed by atoms with Crippen molar-refractivity contribution in [3.63, 3.8) is 0 Å². The number of carboxylic acid groups (broad SMARTS) is 1. The Morgan fingerprint density at radius 3 is 2.42 bits per heavy atom. The predicted molar refractivity (Wildman–Crippen MR) is 187 cm³/mol. The van der Waals surface area contributed by atoms with Crippen LogP contribution in [-0.4, -0.2) is 73.8 Å². The third-order valence-electron chi connectivity index (χ3n) is 7.11. The summed E-state index contributed by atoms with van der Waals surface area (Å²) in [5, 5.41) is 17.6. The van der Waals surface area contributed by atoms with Gasteiger partial charge in [-0.05, 0) is 64.1 Å². The van der Waals surface area contributed by atoms with Gasteiger partial charge in [-0.1, -0.05) is 30.2 Å². The van der Waals surface area contributed by atoms with E-state index in [1.54, 1.807) is 55.8 Å². The number of fused-ring (bicyclic) bond motifs is 1. The first-order valence-electron chi connectivity index (χ1n) is 15.5. The number of hydrogen-bond donors (Lipinski definition) is 3. The van der Waals surface area contributed by atoms with E-state index < -0.39 is 11.6 Å². The summed E-state index contributed by atoms with van der Waals surface area (Å²) in [5.41, 5.74) is 1.38. The molecule has 2 amide bonds. The Morgan fingerprint density at radius 1 is 0.979 bits per heavy atom. The van der Waals surface area contributed by atoms with E-state index >= 15 is 0 Å². The summed E-state index contributed by atoms with van der Waals surface area (Å²) < 4.78 is 22.2. The molecule has 4 aromatic rings. The van der Waals surface area contributed by atoms with E-state index in [1.165, 1.54) is 4.90 Å². The molecule has 3 N–H and O–H groups in total. The summed E-state index contributed by atoms with van der Waals surface area (Å²) in [6, 6.07) is 19.3. The van der Waals surface area contributed by atoms with Crippen LogP contribution in [0.2, 0.25) is 0 Å². The number of terminal acetylenes is 1. The minimum atomic E-state index is -1.04. The van der Waals surface area contributed by atoms with Crippen LogP contribution in [0.3, 0.4) is 0 Å². The smallest absolute Gasteiger partial charge is 0.412 e. The third-order valence-corrected chi connectivity index (χ3v) is 7.11. The standard InChI is InChI=1S/C37H42N4O7/c1-7-26-20-27(35(42)39-25(2)24-47-19-18-46-17-16-45-6)22-28(21-26)40-34-23-29(14-15-38-34)48-33-13-12-32(30-10-8-9-11-31(30)33)41(36(43)44)37(3,4)5/h1,8-15,20-23,25H,16-19,24H2,2-6H3,(H,38,40)(H,39,42)(H,43,44). The topological polar surface area (TPSA) is 131 Å². The summed E-state index contributed by atoms with van der Waals surface area (Å²) in [6.07, 6.45) is 6.27. The molecule has 0 fully saturated rings. The second-order valence-electron chi connectivity index (χ2n) is 12.0. The highest BCUT2D eigenvalue weighted by Gasteiger charge is 2.29. The molecule has 0 aliphatic heterocycles. The number of amides is 2. The molecule has 0 aliphatic rings. The molecular weight excluding hydrogens is 612 g/mol. The highest BCUT2D eigenvalue weighted by molar-refractivity contribution is 6.04. The van der Waals surface area contributed by atoms with E-state index in [2.05, 4.69) is 21.5 Å². The molecule has 11 heteroatoms. The highest BCUT2D eigenvalue weighted by Crippen LogP contribution is 2.38. The first kappa shape index (κ1) is 35.7. The molecule has 0 saturated carbocycles. The third kappa shape index (κ3) is 9.68. The molecule has 1 unspecified atom stereocenters. The molecule has 3 aromatic carbocycles. The van der Waals surface area contributed by atoms with Crippen molar-refractivity contribution >= 4 is 40.0 Å². The van der Waals surface area contributed by atoms with Gasteiger partial charge in [-0.15, -0.1) is 6.42 Å². The van der Waals surface area contributed by atoms with Crippen LogP contribution in [0.5, 0.6) is 11.5 Å². The fourth-order valence-electron chi connectivity index (χ4n) is 4.99. The van der Waals surface area contributed by atoms with Crippen molar-refractivity contribution in [1.82, 2.24) is 10.3 Å². The number of anilines is 3. The van der Waals surface area contributed by atoms with Gasteiger partial charge in [-0.2, -0.15) is 0 Å². The predicted octanol–water partition coefficient (Wildman–Crippen LogP) is 6.83. The van der Waals surface area contributed by atoms with Crippen molar-refractivity contribution < 1.29 is 33.6 Å². The molecule has 0 radical (unpaired) electrons. The van der Waals surface area contributed by atoms with Crippen LogP contribution < -0.4 is 20.3 Å². The second-order valence-corrected chi connectivity index (χ2v) is 12.0. The van der Waals surface area contributed by atoms with E-state index in [4.69, 9.17) is 25.4 Å². The van der Waals surface area contributed by atoms with Crippen LogP contribution in [0, 0.1) is 12.3 Å². The van der Waals surface area contributed by atoms with Gasteiger partial charge in [-0.3, -0.25) is 9.69 Å². The fraction of sp³-hybridized carbons (Fsp3) is 0.324. The first-order valence-corrected chi connectivity index (χ1v) is 15.5. The molecule has 0 bridgehead atoms. The summed E-state index contributed by atoms with van der Waals surface area (Å²) in [6.45, 7) is 9.59. The van der Waals surface area contributed by atoms with Gasteiger partial charge < -0.3 is 34.7 Å². The van der Waals surface area contributed by atoms with E-state index in [1.807, 2.05) is 52.0 Å². The molecule has 1 aromatic heterocycles. The number of ether oxygens (including phenoxy) is 4. The van der Waals surface area contributed by atoms with Crippen LogP contribution in [0.25, 0.3) is 10.8 Å². The van der Waals surface area contributed by atoms with E-state index in [0.29, 0.717) is 72.9 Å². The number of aromatic nitrogens is 1. The number of pyridine rings is 1. The van der Waals surface area contributed by atoms with Crippen molar-refractivity contribution in [2.24, 2.45) is 0 Å². The Labute approximate surface area is 281 Å². The van der Waals surface area contributed by atoms with Crippen molar-refractivity contribution in [2.45, 2.75) is 39.3 Å². The number of benzene rings is 3. The number of nitrogens with one attached hydrogen (secondary N) is 2. The van der Waals surface area contributed by atoms with Gasteiger partial charge in [0, 0.05) is 58.5 Å². The SMILES string of the molecule is C#Cc1cc(Nc2cc(Oc3ccc(N(C(=O)O)C(C)(C)C)c4ccccc34)ccn2)cc(C(=O)NC(C)COCCOCCOC)c1. The zero-order chi connectivity index (χ0) is 34.7. The van der Waals surface area contributed by atoms with Gasteiger partial charge in [0.1, 0.15) is 17.3 Å². The minimum Gasteiger partial charge on any atom is -0.465 e. The summed E-state index contributed by atoms with van der Waals surface area (Å²) in [5.74, 6) is 3.82. The van der Waals surface area contributed by atoms with Gasteiger partial charge in [0.05, 0.1) is 38.7 Å². The van der Waals surface area contributed by atoms with Crippen molar-refractivity contribution in [1.29, 1.82) is 0 Å². The summed E-state index contributed by atoms with van der Waals surface area (Å²) >= 11 is 0. The van der Waals surface area contributed by atoms with Crippen LogP contribution in [0.1, 0.15) is 43.6 Å². The maximum Gasteiger partial charge on any atom is 0.412 e. The molecule has 4 rings (SSSR count). The highest BCUT2D eigenvalue weighted by atomic mass is 16.5. The molecular formula is C37H42N4O7. The molecule has 48 heavy (non-hydrogen) atoms. The van der Waals surface area contributed by atoms with Gasteiger partial charge in [0.15, 0.2) is 0 Å². The molecule has 11 nitrogen and oxygen atoms in total. The lowest BCUT2D eigenvalue weighted by Crippen LogP contribution is -2.45. The number of methoxy groups -OCH3 is 1. The summed E-state index contributed by atoms with van der Waals surface area (Å²) in [4.78, 5) is 31.1. The monoisotopic (exact) mass is 654 g/mol. The van der Waals surface area contributed by atoms with Gasteiger partial charge in [0.2, 0.25) is 0 Å². The van der Waals surface area contributed by atoms with Gasteiger partial charge in [0.25, 0.3) is 5.91 Å². The zero-order valence-corrected chi connectivity index (χ0v) is 27.9. The fourth-order valence-corrected chi connectivity index (χ4v) is 4.99.